The van der Waals surface area contributed by atoms with E-state index in [0.29, 0.717) is 13.0 Å². The lowest BCUT2D eigenvalue weighted by Gasteiger charge is -2.38. The lowest BCUT2D eigenvalue weighted by molar-refractivity contribution is -0.146. The summed E-state index contributed by atoms with van der Waals surface area (Å²) in [5.41, 5.74) is 0.182. The second-order valence-electron chi connectivity index (χ2n) is 16.4. The van der Waals surface area contributed by atoms with Crippen molar-refractivity contribution in [3.8, 4) is 0 Å². The average molecular weight is 744 g/mol. The lowest BCUT2D eigenvalue weighted by Crippen LogP contribution is -2.62. The van der Waals surface area contributed by atoms with Gasteiger partial charge in [0.2, 0.25) is 23.5 Å². The van der Waals surface area contributed by atoms with Crippen LogP contribution in [0.3, 0.4) is 0 Å². The molecule has 5 rings (SSSR count). The molecule has 13 heteroatoms. The van der Waals surface area contributed by atoms with Crippen molar-refractivity contribution in [2.24, 2.45) is 23.2 Å². The molecule has 13 nitrogen and oxygen atoms in total. The number of hydrogen-bond acceptors (Lipinski definition) is 8. The van der Waals surface area contributed by atoms with Crippen molar-refractivity contribution < 1.29 is 28.8 Å². The first kappa shape index (κ1) is 40.5. The molecule has 0 radical (unpaired) electrons. The largest absolute Gasteiger partial charge is 0.344 e. The van der Waals surface area contributed by atoms with Crippen LogP contribution in [0.5, 0.6) is 0 Å². The highest BCUT2D eigenvalue weighted by atomic mass is 16.2. The van der Waals surface area contributed by atoms with E-state index in [2.05, 4.69) is 31.2 Å². The van der Waals surface area contributed by atoms with E-state index in [9.17, 15) is 28.8 Å². The van der Waals surface area contributed by atoms with Gasteiger partial charge in [-0.2, -0.15) is 0 Å². The third-order valence-corrected chi connectivity index (χ3v) is 11.4. The number of hydrogen-bond donors (Lipinski definition) is 4. The summed E-state index contributed by atoms with van der Waals surface area (Å²) in [5, 5.41) is 11.6. The number of ketones is 1. The molecule has 2 saturated carbocycles. The smallest absolute Gasteiger partial charge is 0.290 e. The number of likely N-dealkylation sites (tertiary alicyclic amines) is 1. The number of rotatable bonds is 14. The van der Waals surface area contributed by atoms with Gasteiger partial charge in [0, 0.05) is 18.9 Å². The fraction of sp³-hybridized carbons (Fsp3) is 0.610. The van der Waals surface area contributed by atoms with Crippen molar-refractivity contribution in [2.45, 2.75) is 129 Å². The maximum Gasteiger partial charge on any atom is 0.290 e. The van der Waals surface area contributed by atoms with Gasteiger partial charge in [-0.15, -0.1) is 0 Å². The standard InChI is InChI=1S/C41H57N7O6/c1-6-14-30(34(49)39(53)44-25(2)26-15-9-7-10-16-26)45-38(52)33-29-20-13-19-28(29)24-48(33)40(54)35(41(3,4)5)47-37(51)32(27-17-11-8-12-18-27)46-36(50)31-23-42-21-22-43-31/h7,9-10,15-16,21-23,25,27-30,32-33,35H,6,8,11-14,17-20,24H2,1-5H3,(H,44,53)(H,45,52)(H,46,50)(H,47,51)/t25-,28+,29+,30-,32-,33+,35+/m1/s1. The van der Waals surface area contributed by atoms with E-state index in [1.165, 1.54) is 18.6 Å². The van der Waals surface area contributed by atoms with Gasteiger partial charge in [-0.25, -0.2) is 4.98 Å². The van der Waals surface area contributed by atoms with Crippen LogP contribution in [0, 0.1) is 23.2 Å². The summed E-state index contributed by atoms with van der Waals surface area (Å²) in [5.74, 6) is -3.49. The van der Waals surface area contributed by atoms with Crippen LogP contribution in [0.1, 0.15) is 121 Å². The summed E-state index contributed by atoms with van der Waals surface area (Å²) in [6.07, 6.45) is 12.0. The highest BCUT2D eigenvalue weighted by Crippen LogP contribution is 2.43. The van der Waals surface area contributed by atoms with Crippen molar-refractivity contribution in [1.82, 2.24) is 36.1 Å². The molecule has 1 aromatic carbocycles. The number of benzene rings is 1. The van der Waals surface area contributed by atoms with Crippen LogP contribution in [-0.4, -0.2) is 80.9 Å². The first-order valence-electron chi connectivity index (χ1n) is 19.7. The fourth-order valence-electron chi connectivity index (χ4n) is 8.48. The second-order valence-corrected chi connectivity index (χ2v) is 16.4. The quantitative estimate of drug-likeness (QED) is 0.209. The van der Waals surface area contributed by atoms with Crippen molar-refractivity contribution in [2.75, 3.05) is 6.54 Å². The number of carbonyl (C=O) groups excluding carboxylic acids is 6. The Morgan fingerprint density at radius 1 is 0.870 bits per heavy atom. The second kappa shape index (κ2) is 18.1. The zero-order valence-electron chi connectivity index (χ0n) is 32.3. The van der Waals surface area contributed by atoms with E-state index in [1.54, 1.807) is 11.8 Å². The Labute approximate surface area is 318 Å². The van der Waals surface area contributed by atoms with E-state index in [4.69, 9.17) is 0 Å². The van der Waals surface area contributed by atoms with Crippen LogP contribution in [0.2, 0.25) is 0 Å². The molecule has 3 aliphatic rings. The number of nitrogens with one attached hydrogen (secondary N) is 4. The summed E-state index contributed by atoms with van der Waals surface area (Å²) in [6, 6.07) is 5.06. The first-order chi connectivity index (χ1) is 25.8. The molecule has 3 fully saturated rings. The molecule has 1 aliphatic heterocycles. The minimum atomic E-state index is -1.06. The van der Waals surface area contributed by atoms with Crippen LogP contribution in [0.15, 0.2) is 48.9 Å². The molecule has 7 atom stereocenters. The van der Waals surface area contributed by atoms with Crippen LogP contribution >= 0.6 is 0 Å². The molecule has 0 spiro atoms. The van der Waals surface area contributed by atoms with Gasteiger partial charge >= 0.3 is 0 Å². The van der Waals surface area contributed by atoms with Crippen LogP contribution in [-0.2, 0) is 24.0 Å². The van der Waals surface area contributed by atoms with Gasteiger partial charge in [0.1, 0.15) is 23.8 Å². The van der Waals surface area contributed by atoms with Gasteiger partial charge in [0.25, 0.3) is 11.8 Å². The molecule has 2 aliphatic carbocycles. The van der Waals surface area contributed by atoms with E-state index >= 15 is 0 Å². The number of carbonyl (C=O) groups is 6. The predicted octanol–water partition coefficient (Wildman–Crippen LogP) is 4.04. The third-order valence-electron chi connectivity index (χ3n) is 11.4. The molecule has 292 valence electrons. The number of fused-ring (bicyclic) bond motifs is 1. The average Bonchev–Trinajstić information content (AvgIpc) is 3.77. The van der Waals surface area contributed by atoms with E-state index in [-0.39, 0.29) is 35.8 Å². The van der Waals surface area contributed by atoms with Gasteiger partial charge in [-0.3, -0.25) is 33.8 Å². The summed E-state index contributed by atoms with van der Waals surface area (Å²) < 4.78 is 0. The molecule has 1 aromatic heterocycles. The van der Waals surface area contributed by atoms with Gasteiger partial charge in [-0.05, 0) is 67.8 Å². The highest BCUT2D eigenvalue weighted by molar-refractivity contribution is 6.38. The Morgan fingerprint density at radius 2 is 1.59 bits per heavy atom. The van der Waals surface area contributed by atoms with Gasteiger partial charge in [0.05, 0.1) is 18.3 Å². The number of Topliss-reactive ketones (excluding diaryl/α,β-unsaturated/α-hetero) is 1. The van der Waals surface area contributed by atoms with Crippen molar-refractivity contribution in [3.63, 3.8) is 0 Å². The summed E-state index contributed by atoms with van der Waals surface area (Å²) >= 11 is 0. The maximum atomic E-state index is 14.7. The highest BCUT2D eigenvalue weighted by Gasteiger charge is 2.52. The molecule has 4 N–H and O–H groups in total. The molecule has 0 bridgehead atoms. The minimum absolute atomic E-state index is 0.0927. The number of aromatic nitrogens is 2. The molecule has 1 saturated heterocycles. The first-order valence-corrected chi connectivity index (χ1v) is 19.7. The minimum Gasteiger partial charge on any atom is -0.344 e. The normalized spacial score (nSPS) is 22.2. The molecule has 5 amide bonds. The molecule has 54 heavy (non-hydrogen) atoms. The van der Waals surface area contributed by atoms with Crippen LogP contribution < -0.4 is 21.3 Å². The van der Waals surface area contributed by atoms with Crippen LogP contribution in [0.25, 0.3) is 0 Å². The molecule has 2 heterocycles. The van der Waals surface area contributed by atoms with Gasteiger partial charge in [0.15, 0.2) is 0 Å². The zero-order valence-corrected chi connectivity index (χ0v) is 32.3. The summed E-state index contributed by atoms with van der Waals surface area (Å²) in [6.45, 7) is 9.61. The SMILES string of the molecule is CCC[C@@H](NC(=O)[C@@H]1[C@H]2CCC[C@H]2CN1C(=O)[C@H](NC(=O)[C@H](NC(=O)c1cnccn1)C1CCCCC1)C(C)(C)C)C(=O)C(=O)N[C@H](C)c1ccccc1. The Kier molecular flexibility index (Phi) is 13.6. The Bertz CT molecular complexity index is 1640. The van der Waals surface area contributed by atoms with Crippen molar-refractivity contribution in [3.05, 3.63) is 60.2 Å². The summed E-state index contributed by atoms with van der Waals surface area (Å²) in [4.78, 5) is 92.8. The van der Waals surface area contributed by atoms with Gasteiger partial charge in [-0.1, -0.05) is 90.1 Å². The zero-order chi connectivity index (χ0) is 39.0. The lowest BCUT2D eigenvalue weighted by atomic mass is 9.82. The Morgan fingerprint density at radius 3 is 2.24 bits per heavy atom. The molecule has 0 unspecified atom stereocenters. The maximum absolute atomic E-state index is 14.7. The molecular weight excluding hydrogens is 686 g/mol. The monoisotopic (exact) mass is 743 g/mol. The number of amides is 5. The van der Waals surface area contributed by atoms with E-state index in [1.807, 2.05) is 58.0 Å². The van der Waals surface area contributed by atoms with Crippen molar-refractivity contribution >= 4 is 35.3 Å². The van der Waals surface area contributed by atoms with E-state index in [0.717, 1.165) is 56.9 Å². The van der Waals surface area contributed by atoms with E-state index < -0.39 is 65.0 Å². The predicted molar refractivity (Wildman–Crippen MR) is 202 cm³/mol. The van der Waals surface area contributed by atoms with Crippen molar-refractivity contribution in [1.29, 1.82) is 0 Å². The Hall–Kier alpha value is -4.68. The topological polar surface area (TPSA) is 180 Å². The Balaban J connectivity index is 1.34. The fourth-order valence-corrected chi connectivity index (χ4v) is 8.48. The van der Waals surface area contributed by atoms with Crippen LogP contribution in [0.4, 0.5) is 0 Å². The molecule has 2 aromatic rings. The molecular formula is C41H57N7O6. The third kappa shape index (κ3) is 9.70. The summed E-state index contributed by atoms with van der Waals surface area (Å²) in [7, 11) is 0. The van der Waals surface area contributed by atoms with Gasteiger partial charge < -0.3 is 26.2 Å². The number of nitrogens with zero attached hydrogens (tertiary/aromatic N) is 3.